The van der Waals surface area contributed by atoms with Crippen LogP contribution in [-0.2, 0) is 11.2 Å². The lowest BCUT2D eigenvalue weighted by molar-refractivity contribution is 0.0683. The van der Waals surface area contributed by atoms with E-state index in [1.165, 1.54) is 0 Å². The van der Waals surface area contributed by atoms with Crippen molar-refractivity contribution in [2.24, 2.45) is 17.6 Å². The average Bonchev–Trinajstić information content (AvgIpc) is 2.76. The van der Waals surface area contributed by atoms with Crippen molar-refractivity contribution in [2.75, 3.05) is 13.2 Å². The van der Waals surface area contributed by atoms with Crippen molar-refractivity contribution in [2.45, 2.75) is 46.6 Å². The molecule has 1 heterocycles. The van der Waals surface area contributed by atoms with E-state index in [2.05, 4.69) is 24.0 Å². The first-order valence-corrected chi connectivity index (χ1v) is 6.70. The largest absolute Gasteiger partial charge is 0.371 e. The highest BCUT2D eigenvalue weighted by atomic mass is 16.5. The Morgan fingerprint density at radius 3 is 2.61 bits per heavy atom. The molecule has 2 N–H and O–H groups in total. The van der Waals surface area contributed by atoms with E-state index in [0.717, 1.165) is 12.8 Å². The van der Waals surface area contributed by atoms with Gasteiger partial charge in [0, 0.05) is 13.0 Å². The molecule has 0 fully saturated rings. The first kappa shape index (κ1) is 15.1. The smallest absolute Gasteiger partial charge is 0.227 e. The van der Waals surface area contributed by atoms with E-state index in [-0.39, 0.29) is 6.10 Å². The minimum atomic E-state index is -0.117. The zero-order valence-corrected chi connectivity index (χ0v) is 11.8. The molecule has 0 aromatic carbocycles. The first-order chi connectivity index (χ1) is 8.56. The quantitative estimate of drug-likeness (QED) is 0.771. The van der Waals surface area contributed by atoms with Gasteiger partial charge in [-0.05, 0) is 38.6 Å². The number of nitrogens with two attached hydrogens (primary N) is 1. The molecule has 2 atom stereocenters. The number of rotatable bonds is 8. The van der Waals surface area contributed by atoms with Gasteiger partial charge >= 0.3 is 0 Å². The van der Waals surface area contributed by atoms with Crippen molar-refractivity contribution in [3.63, 3.8) is 0 Å². The fourth-order valence-corrected chi connectivity index (χ4v) is 2.02. The monoisotopic (exact) mass is 255 g/mol. The van der Waals surface area contributed by atoms with Gasteiger partial charge in [0.25, 0.3) is 0 Å². The van der Waals surface area contributed by atoms with Gasteiger partial charge in [0.1, 0.15) is 6.10 Å². The molecular formula is C13H25N3O2. The fourth-order valence-electron chi connectivity index (χ4n) is 2.02. The second-order valence-electron chi connectivity index (χ2n) is 5.08. The third-order valence-electron chi connectivity index (χ3n) is 2.87. The molecule has 1 unspecified atom stereocenters. The van der Waals surface area contributed by atoms with E-state index in [9.17, 15) is 0 Å². The highest BCUT2D eigenvalue weighted by molar-refractivity contribution is 4.91. The molecule has 5 nitrogen and oxygen atoms in total. The van der Waals surface area contributed by atoms with Crippen LogP contribution in [0, 0.1) is 11.8 Å². The second kappa shape index (κ2) is 7.48. The predicted molar refractivity (Wildman–Crippen MR) is 70.0 cm³/mol. The topological polar surface area (TPSA) is 74.2 Å². The summed E-state index contributed by atoms with van der Waals surface area (Å²) < 4.78 is 10.7. The van der Waals surface area contributed by atoms with Crippen LogP contribution in [0.2, 0.25) is 0 Å². The van der Waals surface area contributed by atoms with E-state index < -0.39 is 0 Å². The molecule has 0 aliphatic rings. The Morgan fingerprint density at radius 1 is 1.33 bits per heavy atom. The van der Waals surface area contributed by atoms with Gasteiger partial charge in [0.2, 0.25) is 5.89 Å². The Bertz CT molecular complexity index is 339. The van der Waals surface area contributed by atoms with Crippen LogP contribution in [0.1, 0.15) is 51.9 Å². The molecule has 0 bridgehead atoms. The van der Waals surface area contributed by atoms with Crippen LogP contribution >= 0.6 is 0 Å². The molecule has 0 amide bonds. The minimum Gasteiger partial charge on any atom is -0.371 e. The van der Waals surface area contributed by atoms with Crippen molar-refractivity contribution >= 4 is 0 Å². The summed E-state index contributed by atoms with van der Waals surface area (Å²) in [4.78, 5) is 4.37. The van der Waals surface area contributed by atoms with Crippen LogP contribution < -0.4 is 5.73 Å². The second-order valence-corrected chi connectivity index (χ2v) is 5.08. The van der Waals surface area contributed by atoms with Crippen molar-refractivity contribution < 1.29 is 9.26 Å². The van der Waals surface area contributed by atoms with Gasteiger partial charge in [-0.3, -0.25) is 0 Å². The molecule has 0 saturated carbocycles. The zero-order chi connectivity index (χ0) is 13.5. The van der Waals surface area contributed by atoms with E-state index in [0.29, 0.717) is 36.7 Å². The SMILES string of the molecule is CCOC(C)c1noc(C[C@@H](CN)CC(C)C)n1. The normalized spacial score (nSPS) is 15.0. The maximum Gasteiger partial charge on any atom is 0.227 e. The number of ether oxygens (including phenoxy) is 1. The van der Waals surface area contributed by atoms with E-state index in [4.69, 9.17) is 15.0 Å². The summed E-state index contributed by atoms with van der Waals surface area (Å²) in [5.41, 5.74) is 5.77. The van der Waals surface area contributed by atoms with Gasteiger partial charge in [-0.25, -0.2) is 0 Å². The summed E-state index contributed by atoms with van der Waals surface area (Å²) in [5, 5.41) is 3.95. The first-order valence-electron chi connectivity index (χ1n) is 6.70. The van der Waals surface area contributed by atoms with Gasteiger partial charge < -0.3 is 15.0 Å². The number of hydrogen-bond donors (Lipinski definition) is 1. The van der Waals surface area contributed by atoms with Crippen molar-refractivity contribution in [3.05, 3.63) is 11.7 Å². The molecular weight excluding hydrogens is 230 g/mol. The van der Waals surface area contributed by atoms with Gasteiger partial charge in [-0.1, -0.05) is 19.0 Å². The summed E-state index contributed by atoms with van der Waals surface area (Å²) in [7, 11) is 0. The average molecular weight is 255 g/mol. The van der Waals surface area contributed by atoms with Crippen LogP contribution in [0.5, 0.6) is 0 Å². The molecule has 104 valence electrons. The summed E-state index contributed by atoms with van der Waals surface area (Å²) in [6.07, 6.45) is 1.71. The lowest BCUT2D eigenvalue weighted by Crippen LogP contribution is -2.19. The number of hydrogen-bond acceptors (Lipinski definition) is 5. The minimum absolute atomic E-state index is 0.117. The lowest BCUT2D eigenvalue weighted by Gasteiger charge is -2.14. The molecule has 0 aliphatic carbocycles. The molecule has 0 spiro atoms. The summed E-state index contributed by atoms with van der Waals surface area (Å²) in [6, 6.07) is 0. The predicted octanol–water partition coefficient (Wildman–Crippen LogP) is 2.33. The van der Waals surface area contributed by atoms with Crippen LogP contribution in [0.3, 0.4) is 0 Å². The van der Waals surface area contributed by atoms with E-state index in [1.54, 1.807) is 0 Å². The molecule has 0 radical (unpaired) electrons. The van der Waals surface area contributed by atoms with Gasteiger partial charge in [-0.2, -0.15) is 4.98 Å². The Kier molecular flexibility index (Phi) is 6.29. The third kappa shape index (κ3) is 4.74. The summed E-state index contributed by atoms with van der Waals surface area (Å²) >= 11 is 0. The molecule has 1 aromatic rings. The van der Waals surface area contributed by atoms with Gasteiger partial charge in [0.15, 0.2) is 5.82 Å². The van der Waals surface area contributed by atoms with Crippen LogP contribution in [0.4, 0.5) is 0 Å². The Hall–Kier alpha value is -0.940. The van der Waals surface area contributed by atoms with Crippen molar-refractivity contribution in [1.82, 2.24) is 10.1 Å². The van der Waals surface area contributed by atoms with Crippen LogP contribution in [0.15, 0.2) is 4.52 Å². The highest BCUT2D eigenvalue weighted by Gasteiger charge is 2.17. The molecule has 1 aromatic heterocycles. The molecule has 0 aliphatic heterocycles. The molecule has 18 heavy (non-hydrogen) atoms. The van der Waals surface area contributed by atoms with Gasteiger partial charge in [0.05, 0.1) is 0 Å². The van der Waals surface area contributed by atoms with Crippen molar-refractivity contribution in [3.8, 4) is 0 Å². The Labute approximate surface area is 109 Å². The number of nitrogens with zero attached hydrogens (tertiary/aromatic N) is 2. The Morgan fingerprint density at radius 2 is 2.06 bits per heavy atom. The third-order valence-corrected chi connectivity index (χ3v) is 2.87. The van der Waals surface area contributed by atoms with Crippen LogP contribution in [-0.4, -0.2) is 23.3 Å². The van der Waals surface area contributed by atoms with Gasteiger partial charge in [-0.15, -0.1) is 0 Å². The molecule has 0 saturated heterocycles. The van der Waals surface area contributed by atoms with Crippen LogP contribution in [0.25, 0.3) is 0 Å². The summed E-state index contributed by atoms with van der Waals surface area (Å²) in [6.45, 7) is 9.55. The summed E-state index contributed by atoms with van der Waals surface area (Å²) in [5.74, 6) is 2.31. The molecule has 1 rings (SSSR count). The van der Waals surface area contributed by atoms with E-state index >= 15 is 0 Å². The zero-order valence-electron chi connectivity index (χ0n) is 11.8. The molecule has 5 heteroatoms. The lowest BCUT2D eigenvalue weighted by atomic mass is 9.94. The Balaban J connectivity index is 2.56. The highest BCUT2D eigenvalue weighted by Crippen LogP contribution is 2.18. The van der Waals surface area contributed by atoms with Crippen molar-refractivity contribution in [1.29, 1.82) is 0 Å². The standard InChI is InChI=1S/C13H25N3O2/c1-5-17-10(4)13-15-12(18-16-13)7-11(8-14)6-9(2)3/h9-11H,5-8,14H2,1-4H3/t10?,11-/m0/s1. The maximum absolute atomic E-state index is 5.77. The fraction of sp³-hybridized carbons (Fsp3) is 0.846. The van der Waals surface area contributed by atoms with E-state index in [1.807, 2.05) is 13.8 Å². The maximum atomic E-state index is 5.77. The number of aromatic nitrogens is 2.